The van der Waals surface area contributed by atoms with E-state index in [1.54, 1.807) is 0 Å². The van der Waals surface area contributed by atoms with Gasteiger partial charge in [-0.05, 0) is 46.5 Å². The largest absolute Gasteiger partial charge is 0.494 e. The van der Waals surface area contributed by atoms with Crippen LogP contribution in [0.1, 0.15) is 36.6 Å². The van der Waals surface area contributed by atoms with Crippen molar-refractivity contribution in [2.75, 3.05) is 33.8 Å². The highest BCUT2D eigenvalue weighted by atomic mass is 16.5. The lowest BCUT2D eigenvalue weighted by Crippen LogP contribution is -2.41. The Labute approximate surface area is 168 Å². The molecule has 0 radical (unpaired) electrons. The predicted octanol–water partition coefficient (Wildman–Crippen LogP) is 2.49. The van der Waals surface area contributed by atoms with Gasteiger partial charge < -0.3 is 20.3 Å². The van der Waals surface area contributed by atoms with Crippen LogP contribution in [0.3, 0.4) is 0 Å². The molecule has 1 aromatic carbocycles. The lowest BCUT2D eigenvalue weighted by molar-refractivity contribution is 0.298. The smallest absolute Gasteiger partial charge is 0.191 e. The standard InChI is InChI=1S/C21H34N6O/c1-7-22-21(23-12-17-10-9-16(3)11-20(17)28-8-2)24-14-19(26(4)5)18-13-25-27(6)15-18/h9-11,13,15,19H,7-8,12,14H2,1-6H3,(H2,22,23,24). The number of aromatic nitrogens is 2. The number of rotatable bonds is 9. The third-order valence-electron chi connectivity index (χ3n) is 4.47. The van der Waals surface area contributed by atoms with Crippen molar-refractivity contribution in [2.45, 2.75) is 33.4 Å². The van der Waals surface area contributed by atoms with Gasteiger partial charge in [-0.15, -0.1) is 0 Å². The highest BCUT2D eigenvalue weighted by Gasteiger charge is 2.16. The quantitative estimate of drug-likeness (QED) is 0.512. The van der Waals surface area contributed by atoms with E-state index in [-0.39, 0.29) is 6.04 Å². The molecule has 7 nitrogen and oxygen atoms in total. The second-order valence-corrected chi connectivity index (χ2v) is 7.05. The topological polar surface area (TPSA) is 66.7 Å². The Morgan fingerprint density at radius 3 is 2.68 bits per heavy atom. The summed E-state index contributed by atoms with van der Waals surface area (Å²) < 4.78 is 7.61. The fraction of sp³-hybridized carbons (Fsp3) is 0.524. The third-order valence-corrected chi connectivity index (χ3v) is 4.47. The molecule has 1 atom stereocenters. The number of guanidine groups is 1. The first-order valence-electron chi connectivity index (χ1n) is 9.84. The molecule has 0 aliphatic heterocycles. The Balaban J connectivity index is 2.09. The Kier molecular flexibility index (Phi) is 8.32. The van der Waals surface area contributed by atoms with Gasteiger partial charge in [0.05, 0.1) is 25.4 Å². The van der Waals surface area contributed by atoms with Gasteiger partial charge in [0.2, 0.25) is 0 Å². The number of nitrogens with one attached hydrogen (secondary N) is 2. The molecular weight excluding hydrogens is 352 g/mol. The minimum Gasteiger partial charge on any atom is -0.494 e. The van der Waals surface area contributed by atoms with Gasteiger partial charge in [0.15, 0.2) is 5.96 Å². The van der Waals surface area contributed by atoms with Crippen molar-refractivity contribution in [3.8, 4) is 5.75 Å². The first kappa shape index (κ1) is 21.8. The van der Waals surface area contributed by atoms with Crippen molar-refractivity contribution in [3.63, 3.8) is 0 Å². The Hall–Kier alpha value is -2.54. The van der Waals surface area contributed by atoms with E-state index in [1.165, 1.54) is 11.1 Å². The molecule has 2 rings (SSSR count). The van der Waals surface area contributed by atoms with Crippen molar-refractivity contribution in [1.29, 1.82) is 0 Å². The van der Waals surface area contributed by atoms with E-state index >= 15 is 0 Å². The zero-order chi connectivity index (χ0) is 20.5. The number of nitrogens with zero attached hydrogens (tertiary/aromatic N) is 4. The number of aliphatic imine (C=N–C) groups is 1. The summed E-state index contributed by atoms with van der Waals surface area (Å²) in [6.45, 7) is 8.88. The summed E-state index contributed by atoms with van der Waals surface area (Å²) in [4.78, 5) is 6.94. The lowest BCUT2D eigenvalue weighted by atomic mass is 10.1. The van der Waals surface area contributed by atoms with Crippen LogP contribution >= 0.6 is 0 Å². The Bertz CT molecular complexity index is 768. The molecule has 154 valence electrons. The molecular formula is C21H34N6O. The zero-order valence-electron chi connectivity index (χ0n) is 18.0. The van der Waals surface area contributed by atoms with E-state index in [0.717, 1.165) is 30.4 Å². The maximum Gasteiger partial charge on any atom is 0.191 e. The van der Waals surface area contributed by atoms with Crippen molar-refractivity contribution in [1.82, 2.24) is 25.3 Å². The van der Waals surface area contributed by atoms with Gasteiger partial charge in [0.25, 0.3) is 0 Å². The average molecular weight is 387 g/mol. The molecule has 1 heterocycles. The maximum atomic E-state index is 5.77. The van der Waals surface area contributed by atoms with E-state index in [4.69, 9.17) is 9.73 Å². The average Bonchev–Trinajstić information content (AvgIpc) is 3.07. The molecule has 0 aliphatic carbocycles. The molecule has 0 saturated carbocycles. The summed E-state index contributed by atoms with van der Waals surface area (Å²) >= 11 is 0. The van der Waals surface area contributed by atoms with Crippen molar-refractivity contribution < 1.29 is 4.74 Å². The van der Waals surface area contributed by atoms with Crippen LogP contribution in [0.25, 0.3) is 0 Å². The molecule has 0 bridgehead atoms. The summed E-state index contributed by atoms with van der Waals surface area (Å²) in [6, 6.07) is 6.46. The van der Waals surface area contributed by atoms with Gasteiger partial charge in [0, 0.05) is 37.5 Å². The van der Waals surface area contributed by atoms with Crippen LogP contribution in [-0.2, 0) is 13.6 Å². The molecule has 2 aromatic rings. The highest BCUT2D eigenvalue weighted by Crippen LogP contribution is 2.21. The van der Waals surface area contributed by atoms with Crippen LogP contribution < -0.4 is 15.4 Å². The fourth-order valence-electron chi connectivity index (χ4n) is 2.99. The number of hydrogen-bond donors (Lipinski definition) is 2. The number of likely N-dealkylation sites (N-methyl/N-ethyl adjacent to an activating group) is 1. The first-order chi connectivity index (χ1) is 13.4. The van der Waals surface area contributed by atoms with Gasteiger partial charge in [-0.1, -0.05) is 12.1 Å². The molecule has 0 fully saturated rings. The van der Waals surface area contributed by atoms with Gasteiger partial charge in [-0.3, -0.25) is 4.68 Å². The van der Waals surface area contributed by atoms with Gasteiger partial charge in [-0.2, -0.15) is 5.10 Å². The molecule has 7 heteroatoms. The van der Waals surface area contributed by atoms with Crippen molar-refractivity contribution >= 4 is 5.96 Å². The second kappa shape index (κ2) is 10.7. The van der Waals surface area contributed by atoms with Gasteiger partial charge in [0.1, 0.15) is 5.75 Å². The zero-order valence-corrected chi connectivity index (χ0v) is 18.0. The molecule has 2 N–H and O–H groups in total. The SMILES string of the molecule is CCNC(=NCc1ccc(C)cc1OCC)NCC(c1cnn(C)c1)N(C)C. The second-order valence-electron chi connectivity index (χ2n) is 7.05. The summed E-state index contributed by atoms with van der Waals surface area (Å²) in [5, 5.41) is 11.1. The number of hydrogen-bond acceptors (Lipinski definition) is 4. The summed E-state index contributed by atoms with van der Waals surface area (Å²) in [7, 11) is 6.08. The van der Waals surface area contributed by atoms with Crippen LogP contribution in [0.2, 0.25) is 0 Å². The van der Waals surface area contributed by atoms with Crippen LogP contribution in [0, 0.1) is 6.92 Å². The predicted molar refractivity (Wildman–Crippen MR) is 115 cm³/mol. The molecule has 0 amide bonds. The van der Waals surface area contributed by atoms with Gasteiger partial charge >= 0.3 is 0 Å². The number of ether oxygens (including phenoxy) is 1. The molecule has 28 heavy (non-hydrogen) atoms. The Morgan fingerprint density at radius 1 is 1.29 bits per heavy atom. The first-order valence-corrected chi connectivity index (χ1v) is 9.84. The van der Waals surface area contributed by atoms with Crippen LogP contribution in [0.4, 0.5) is 0 Å². The maximum absolute atomic E-state index is 5.77. The molecule has 0 spiro atoms. The molecule has 0 saturated heterocycles. The summed E-state index contributed by atoms with van der Waals surface area (Å²) in [5.41, 5.74) is 3.44. The van der Waals surface area contributed by atoms with Crippen molar-refractivity contribution in [3.05, 3.63) is 47.3 Å². The van der Waals surface area contributed by atoms with E-state index in [2.05, 4.69) is 73.0 Å². The highest BCUT2D eigenvalue weighted by molar-refractivity contribution is 5.79. The van der Waals surface area contributed by atoms with E-state index in [1.807, 2.05) is 24.9 Å². The third kappa shape index (κ3) is 6.27. The van der Waals surface area contributed by atoms with E-state index < -0.39 is 0 Å². The lowest BCUT2D eigenvalue weighted by Gasteiger charge is -2.24. The van der Waals surface area contributed by atoms with Crippen molar-refractivity contribution in [2.24, 2.45) is 12.0 Å². The van der Waals surface area contributed by atoms with Crippen LogP contribution in [0.15, 0.2) is 35.6 Å². The van der Waals surface area contributed by atoms with E-state index in [9.17, 15) is 0 Å². The minimum absolute atomic E-state index is 0.205. The normalized spacial score (nSPS) is 12.9. The van der Waals surface area contributed by atoms with E-state index in [0.29, 0.717) is 13.2 Å². The molecule has 1 aromatic heterocycles. The van der Waals surface area contributed by atoms with Gasteiger partial charge in [-0.25, -0.2) is 4.99 Å². The van der Waals surface area contributed by atoms with Crippen LogP contribution in [-0.4, -0.2) is 54.4 Å². The fourth-order valence-corrected chi connectivity index (χ4v) is 2.99. The molecule has 1 unspecified atom stereocenters. The number of benzene rings is 1. The summed E-state index contributed by atoms with van der Waals surface area (Å²) in [5.74, 6) is 1.70. The summed E-state index contributed by atoms with van der Waals surface area (Å²) in [6.07, 6.45) is 3.97. The monoisotopic (exact) mass is 386 g/mol. The van der Waals surface area contributed by atoms with Crippen LogP contribution in [0.5, 0.6) is 5.75 Å². The minimum atomic E-state index is 0.205. The number of aryl methyl sites for hydroxylation is 2. The molecule has 0 aliphatic rings. The Morgan fingerprint density at radius 2 is 2.07 bits per heavy atom.